The minimum absolute atomic E-state index is 0.00493. The van der Waals surface area contributed by atoms with Crippen molar-refractivity contribution in [1.82, 2.24) is 24.2 Å². The summed E-state index contributed by atoms with van der Waals surface area (Å²) in [6, 6.07) is 10.0. The molecule has 1 aliphatic rings. The van der Waals surface area contributed by atoms with Gasteiger partial charge in [-0.25, -0.2) is 14.5 Å². The molecule has 6 nitrogen and oxygen atoms in total. The van der Waals surface area contributed by atoms with E-state index in [1.165, 1.54) is 4.88 Å². The van der Waals surface area contributed by atoms with Crippen LogP contribution in [0.1, 0.15) is 22.0 Å². The van der Waals surface area contributed by atoms with Crippen molar-refractivity contribution >= 4 is 11.3 Å². The predicted molar refractivity (Wildman–Crippen MR) is 97.9 cm³/mol. The fourth-order valence-corrected chi connectivity index (χ4v) is 4.02. The molecule has 1 aromatic carbocycles. The first-order chi connectivity index (χ1) is 12.2. The maximum atomic E-state index is 12.7. The van der Waals surface area contributed by atoms with Crippen molar-refractivity contribution in [2.24, 2.45) is 0 Å². The number of aryl methyl sites for hydroxylation is 1. The van der Waals surface area contributed by atoms with Gasteiger partial charge in [0.1, 0.15) is 5.82 Å². The summed E-state index contributed by atoms with van der Waals surface area (Å²) >= 11 is 1.70. The standard InChI is InChI=1S/C18H21N5OS/c1-14-16(25-13-19-14)12-21-8-7-17-20-23(18(24)22(17)10-9-21)11-15-5-3-2-4-6-15/h2-6,13H,7-12H2,1H3. The summed E-state index contributed by atoms with van der Waals surface area (Å²) in [7, 11) is 0. The van der Waals surface area contributed by atoms with Gasteiger partial charge in [-0.15, -0.1) is 11.3 Å². The van der Waals surface area contributed by atoms with Crippen molar-refractivity contribution in [3.63, 3.8) is 0 Å². The molecule has 3 aromatic rings. The highest BCUT2D eigenvalue weighted by atomic mass is 32.1. The average molecular weight is 355 g/mol. The van der Waals surface area contributed by atoms with E-state index >= 15 is 0 Å². The molecule has 0 aliphatic carbocycles. The van der Waals surface area contributed by atoms with E-state index in [4.69, 9.17) is 0 Å². The molecule has 0 amide bonds. The number of hydrogen-bond acceptors (Lipinski definition) is 5. The molecule has 0 N–H and O–H groups in total. The largest absolute Gasteiger partial charge is 0.346 e. The minimum atomic E-state index is -0.00493. The number of nitrogens with zero attached hydrogens (tertiary/aromatic N) is 5. The highest BCUT2D eigenvalue weighted by molar-refractivity contribution is 7.09. The number of fused-ring (bicyclic) bond motifs is 1. The summed E-state index contributed by atoms with van der Waals surface area (Å²) in [5.41, 5.74) is 4.10. The fourth-order valence-electron chi connectivity index (χ4n) is 3.21. The number of benzene rings is 1. The van der Waals surface area contributed by atoms with Gasteiger partial charge in [0.05, 0.1) is 17.7 Å². The molecule has 0 unspecified atom stereocenters. The summed E-state index contributed by atoms with van der Waals surface area (Å²) < 4.78 is 3.43. The van der Waals surface area contributed by atoms with Gasteiger partial charge in [0, 0.05) is 37.5 Å². The predicted octanol–water partition coefficient (Wildman–Crippen LogP) is 1.92. The van der Waals surface area contributed by atoms with E-state index in [-0.39, 0.29) is 5.69 Å². The molecule has 0 fully saturated rings. The van der Waals surface area contributed by atoms with Crippen molar-refractivity contribution < 1.29 is 0 Å². The maximum absolute atomic E-state index is 12.7. The Morgan fingerprint density at radius 3 is 2.72 bits per heavy atom. The van der Waals surface area contributed by atoms with Crippen LogP contribution in [-0.4, -0.2) is 37.3 Å². The Morgan fingerprint density at radius 2 is 1.96 bits per heavy atom. The van der Waals surface area contributed by atoms with E-state index in [2.05, 4.69) is 21.9 Å². The molecular formula is C18H21N5OS. The van der Waals surface area contributed by atoms with Gasteiger partial charge in [-0.2, -0.15) is 5.10 Å². The summed E-state index contributed by atoms with van der Waals surface area (Å²) in [6.45, 7) is 5.96. The van der Waals surface area contributed by atoms with Gasteiger partial charge in [0.2, 0.25) is 0 Å². The average Bonchev–Trinajstić information content (AvgIpc) is 3.07. The third-order valence-corrected chi connectivity index (χ3v) is 5.60. The molecule has 25 heavy (non-hydrogen) atoms. The molecule has 4 rings (SSSR count). The molecule has 130 valence electrons. The summed E-state index contributed by atoms with van der Waals surface area (Å²) in [5.74, 6) is 0.893. The lowest BCUT2D eigenvalue weighted by atomic mass is 10.2. The zero-order valence-electron chi connectivity index (χ0n) is 14.3. The summed E-state index contributed by atoms with van der Waals surface area (Å²) in [4.78, 5) is 20.7. The minimum Gasteiger partial charge on any atom is -0.296 e. The van der Waals surface area contributed by atoms with Gasteiger partial charge in [-0.05, 0) is 12.5 Å². The molecule has 0 radical (unpaired) electrons. The lowest BCUT2D eigenvalue weighted by Gasteiger charge is -2.18. The molecule has 0 atom stereocenters. The third kappa shape index (κ3) is 3.43. The molecule has 1 aliphatic heterocycles. The van der Waals surface area contributed by atoms with Gasteiger partial charge in [0.25, 0.3) is 0 Å². The summed E-state index contributed by atoms with van der Waals surface area (Å²) in [6.07, 6.45) is 0.800. The van der Waals surface area contributed by atoms with Crippen molar-refractivity contribution in [3.05, 3.63) is 68.3 Å². The van der Waals surface area contributed by atoms with Crippen LogP contribution in [0.5, 0.6) is 0 Å². The Balaban J connectivity index is 1.48. The normalized spacial score (nSPS) is 15.1. The van der Waals surface area contributed by atoms with E-state index in [0.717, 1.165) is 43.1 Å². The Kier molecular flexibility index (Phi) is 4.50. The van der Waals surface area contributed by atoms with E-state index < -0.39 is 0 Å². The van der Waals surface area contributed by atoms with Gasteiger partial charge < -0.3 is 0 Å². The smallest absolute Gasteiger partial charge is 0.296 e. The van der Waals surface area contributed by atoms with Gasteiger partial charge in [0.15, 0.2) is 0 Å². The first-order valence-corrected chi connectivity index (χ1v) is 9.40. The number of rotatable bonds is 4. The van der Waals surface area contributed by atoms with E-state index in [9.17, 15) is 4.79 Å². The zero-order valence-corrected chi connectivity index (χ0v) is 15.1. The Hall–Kier alpha value is -2.25. The van der Waals surface area contributed by atoms with Crippen LogP contribution in [0.25, 0.3) is 0 Å². The van der Waals surface area contributed by atoms with Crippen LogP contribution in [0.4, 0.5) is 0 Å². The monoisotopic (exact) mass is 355 g/mol. The second-order valence-corrected chi connectivity index (χ2v) is 7.32. The van der Waals surface area contributed by atoms with Crippen LogP contribution in [0.15, 0.2) is 40.6 Å². The number of aromatic nitrogens is 4. The van der Waals surface area contributed by atoms with Crippen molar-refractivity contribution in [3.8, 4) is 0 Å². The van der Waals surface area contributed by atoms with E-state index in [1.807, 2.05) is 40.4 Å². The molecule has 0 bridgehead atoms. The highest BCUT2D eigenvalue weighted by Crippen LogP contribution is 2.16. The van der Waals surface area contributed by atoms with Crippen LogP contribution in [0.3, 0.4) is 0 Å². The van der Waals surface area contributed by atoms with Crippen LogP contribution in [0.2, 0.25) is 0 Å². The van der Waals surface area contributed by atoms with Crippen molar-refractivity contribution in [2.75, 3.05) is 13.1 Å². The number of thiazole rings is 1. The van der Waals surface area contributed by atoms with Crippen LogP contribution in [0, 0.1) is 6.92 Å². The topological polar surface area (TPSA) is 56.0 Å². The van der Waals surface area contributed by atoms with Crippen molar-refractivity contribution in [2.45, 2.75) is 33.0 Å². The second kappa shape index (κ2) is 6.93. The van der Waals surface area contributed by atoms with Crippen LogP contribution in [-0.2, 0) is 26.1 Å². The van der Waals surface area contributed by atoms with Gasteiger partial charge in [-0.3, -0.25) is 9.47 Å². The lowest BCUT2D eigenvalue weighted by molar-refractivity contribution is 0.271. The molecule has 0 spiro atoms. The molecule has 0 saturated heterocycles. The summed E-state index contributed by atoms with van der Waals surface area (Å²) in [5, 5.41) is 4.59. The third-order valence-electron chi connectivity index (χ3n) is 4.68. The molecule has 3 heterocycles. The first kappa shape index (κ1) is 16.2. The van der Waals surface area contributed by atoms with Crippen LogP contribution >= 0.6 is 11.3 Å². The Labute approximate surface area is 150 Å². The SMILES string of the molecule is Cc1ncsc1CN1CCc2nn(Cc3ccccc3)c(=O)n2CC1. The van der Waals surface area contributed by atoms with Gasteiger partial charge >= 0.3 is 5.69 Å². The van der Waals surface area contributed by atoms with E-state index in [0.29, 0.717) is 13.1 Å². The highest BCUT2D eigenvalue weighted by Gasteiger charge is 2.20. The fraction of sp³-hybridized carbons (Fsp3) is 0.389. The van der Waals surface area contributed by atoms with Gasteiger partial charge in [-0.1, -0.05) is 30.3 Å². The molecule has 2 aromatic heterocycles. The zero-order chi connectivity index (χ0) is 17.2. The Morgan fingerprint density at radius 1 is 1.12 bits per heavy atom. The van der Waals surface area contributed by atoms with Crippen LogP contribution < -0.4 is 5.69 Å². The van der Waals surface area contributed by atoms with Crippen molar-refractivity contribution in [1.29, 1.82) is 0 Å². The Bertz CT molecular complexity index is 911. The molecule has 7 heteroatoms. The number of hydrogen-bond donors (Lipinski definition) is 0. The second-order valence-electron chi connectivity index (χ2n) is 6.38. The lowest BCUT2D eigenvalue weighted by Crippen LogP contribution is -2.30. The molecular weight excluding hydrogens is 334 g/mol. The van der Waals surface area contributed by atoms with E-state index in [1.54, 1.807) is 16.0 Å². The maximum Gasteiger partial charge on any atom is 0.346 e. The first-order valence-electron chi connectivity index (χ1n) is 8.52. The quantitative estimate of drug-likeness (QED) is 0.717. The molecule has 0 saturated carbocycles.